The van der Waals surface area contributed by atoms with E-state index in [-0.39, 0.29) is 28.7 Å². The fourth-order valence-corrected chi connectivity index (χ4v) is 5.88. The number of carbonyl (C=O) groups excluding carboxylic acids is 1. The lowest BCUT2D eigenvalue weighted by Crippen LogP contribution is -2.45. The van der Waals surface area contributed by atoms with Gasteiger partial charge in [0.15, 0.2) is 6.10 Å². The van der Waals surface area contributed by atoms with Gasteiger partial charge in [-0.15, -0.1) is 0 Å². The van der Waals surface area contributed by atoms with Crippen LogP contribution in [0.25, 0.3) is 0 Å². The van der Waals surface area contributed by atoms with Crippen molar-refractivity contribution in [1.82, 2.24) is 0 Å². The maximum absolute atomic E-state index is 14.6. The number of aliphatic hydroxyl groups is 1. The molecule has 0 amide bonds. The minimum atomic E-state index is -0.752. The average Bonchev–Trinajstić information content (AvgIpc) is 2.79. The van der Waals surface area contributed by atoms with Gasteiger partial charge in [-0.3, -0.25) is 4.79 Å². The number of hydrogen-bond acceptors (Lipinski definition) is 3. The number of rotatable bonds is 1. The van der Waals surface area contributed by atoms with Gasteiger partial charge < -0.3 is 9.84 Å². The third kappa shape index (κ3) is 2.37. The van der Waals surface area contributed by atoms with Crippen LogP contribution in [0.2, 0.25) is 0 Å². The molecule has 0 spiro atoms. The summed E-state index contributed by atoms with van der Waals surface area (Å²) in [5.74, 6) is -0.248. The Morgan fingerprint density at radius 3 is 2.84 bits per heavy atom. The van der Waals surface area contributed by atoms with E-state index in [0.29, 0.717) is 5.92 Å². The predicted octanol–water partition coefficient (Wildman–Crippen LogP) is 4.24. The van der Waals surface area contributed by atoms with Crippen LogP contribution in [0.4, 0.5) is 4.39 Å². The molecular formula is C21H27FO3. The number of aliphatic hydroxyl groups excluding tert-OH is 1. The molecule has 4 aliphatic rings. The summed E-state index contributed by atoms with van der Waals surface area (Å²) in [5, 5.41) is 9.99. The van der Waals surface area contributed by atoms with E-state index in [1.54, 1.807) is 6.08 Å². The fourth-order valence-electron chi connectivity index (χ4n) is 5.88. The van der Waals surface area contributed by atoms with Crippen LogP contribution in [0.1, 0.15) is 52.9 Å². The molecule has 25 heavy (non-hydrogen) atoms. The van der Waals surface area contributed by atoms with Gasteiger partial charge in [-0.25, -0.2) is 4.39 Å². The fraction of sp³-hybridized carbons (Fsp3) is 0.667. The lowest BCUT2D eigenvalue weighted by atomic mass is 9.53. The van der Waals surface area contributed by atoms with Gasteiger partial charge in [-0.2, -0.15) is 0 Å². The molecular weight excluding hydrogens is 319 g/mol. The van der Waals surface area contributed by atoms with Crippen molar-refractivity contribution in [3.63, 3.8) is 0 Å². The summed E-state index contributed by atoms with van der Waals surface area (Å²) in [5.41, 5.74) is 2.37. The highest BCUT2D eigenvalue weighted by atomic mass is 19.1. The quantitative estimate of drug-likeness (QED) is 0.571. The third-order valence-electron chi connectivity index (χ3n) is 7.30. The van der Waals surface area contributed by atoms with E-state index < -0.39 is 12.1 Å². The summed E-state index contributed by atoms with van der Waals surface area (Å²) in [6.07, 6.45) is 9.23. The third-order valence-corrected chi connectivity index (χ3v) is 7.30. The molecule has 0 bridgehead atoms. The first-order chi connectivity index (χ1) is 11.8. The molecule has 0 saturated carbocycles. The Hall–Kier alpha value is -1.42. The summed E-state index contributed by atoms with van der Waals surface area (Å²) < 4.78 is 20.0. The van der Waals surface area contributed by atoms with E-state index in [2.05, 4.69) is 19.9 Å². The highest BCUT2D eigenvalue weighted by Gasteiger charge is 2.56. The number of halogens is 1. The van der Waals surface area contributed by atoms with Crippen molar-refractivity contribution in [1.29, 1.82) is 0 Å². The molecule has 0 fully saturated rings. The van der Waals surface area contributed by atoms with E-state index in [9.17, 15) is 14.3 Å². The Morgan fingerprint density at radius 1 is 1.36 bits per heavy atom. The van der Waals surface area contributed by atoms with E-state index in [0.717, 1.165) is 32.1 Å². The standard InChI is InChI=1S/C21H27FO3/c1-12(23)25-19-18(22)11-17-15-5-4-13-10-14(24)6-8-20(13,2)16(15)7-9-21(17,19)3/h6,8,11,13-14,17,19,24H,4-5,7,9-10H2,1-3H3/t13?,14?,17-,19?,20-,21-/m0/s1. The van der Waals surface area contributed by atoms with Crippen LogP contribution in [-0.4, -0.2) is 23.3 Å². The molecule has 0 radical (unpaired) electrons. The Bertz CT molecular complexity index is 706. The second-order valence-corrected chi connectivity index (χ2v) is 8.71. The smallest absolute Gasteiger partial charge is 0.303 e. The molecule has 136 valence electrons. The first-order valence-corrected chi connectivity index (χ1v) is 9.40. The summed E-state index contributed by atoms with van der Waals surface area (Å²) in [7, 11) is 0. The van der Waals surface area contributed by atoms with Gasteiger partial charge in [0, 0.05) is 23.7 Å². The van der Waals surface area contributed by atoms with Crippen molar-refractivity contribution in [3.8, 4) is 0 Å². The molecule has 0 heterocycles. The molecule has 0 aliphatic heterocycles. The van der Waals surface area contributed by atoms with Gasteiger partial charge in [0.05, 0.1) is 6.10 Å². The van der Waals surface area contributed by atoms with Gasteiger partial charge in [0.25, 0.3) is 0 Å². The van der Waals surface area contributed by atoms with Crippen molar-refractivity contribution in [2.75, 3.05) is 0 Å². The average molecular weight is 346 g/mol. The van der Waals surface area contributed by atoms with Crippen LogP contribution >= 0.6 is 0 Å². The van der Waals surface area contributed by atoms with Gasteiger partial charge in [-0.05, 0) is 44.1 Å². The van der Waals surface area contributed by atoms with Crippen LogP contribution < -0.4 is 0 Å². The van der Waals surface area contributed by atoms with Crippen molar-refractivity contribution >= 4 is 5.97 Å². The molecule has 4 rings (SSSR count). The van der Waals surface area contributed by atoms with Crippen LogP contribution in [0.5, 0.6) is 0 Å². The lowest BCUT2D eigenvalue weighted by Gasteiger charge is -2.52. The first kappa shape index (κ1) is 17.0. The molecule has 4 heteroatoms. The SMILES string of the molecule is CC(=O)OC1C(F)=C[C@H]2C3=C(CC[C@]12C)[C@@]1(C)C=CC(O)CC1CC3. The summed E-state index contributed by atoms with van der Waals surface area (Å²) >= 11 is 0. The maximum atomic E-state index is 14.6. The van der Waals surface area contributed by atoms with Crippen molar-refractivity contribution in [3.05, 3.63) is 35.2 Å². The topological polar surface area (TPSA) is 46.5 Å². The molecule has 1 N–H and O–H groups in total. The van der Waals surface area contributed by atoms with Crippen molar-refractivity contribution < 1.29 is 19.0 Å². The molecule has 4 aliphatic carbocycles. The highest BCUT2D eigenvalue weighted by Crippen LogP contribution is 2.62. The number of esters is 1. The van der Waals surface area contributed by atoms with Gasteiger partial charge in [-0.1, -0.05) is 37.1 Å². The Balaban J connectivity index is 1.75. The van der Waals surface area contributed by atoms with Crippen LogP contribution in [0, 0.1) is 22.7 Å². The second kappa shape index (κ2) is 5.54. The minimum absolute atomic E-state index is 0.0126. The number of carbonyl (C=O) groups is 1. The van der Waals surface area contributed by atoms with Crippen molar-refractivity contribution in [2.45, 2.75) is 65.1 Å². The summed E-state index contributed by atoms with van der Waals surface area (Å²) in [4.78, 5) is 11.5. The normalized spacial score (nSPS) is 45.4. The zero-order valence-electron chi connectivity index (χ0n) is 15.2. The predicted molar refractivity (Wildman–Crippen MR) is 93.2 cm³/mol. The number of fused-ring (bicyclic) bond motifs is 4. The van der Waals surface area contributed by atoms with Gasteiger partial charge >= 0.3 is 5.97 Å². The van der Waals surface area contributed by atoms with E-state index in [1.165, 1.54) is 18.1 Å². The molecule has 0 aromatic rings. The van der Waals surface area contributed by atoms with Crippen molar-refractivity contribution in [2.24, 2.45) is 22.7 Å². The minimum Gasteiger partial charge on any atom is -0.455 e. The Kier molecular flexibility index (Phi) is 3.77. The lowest BCUT2D eigenvalue weighted by molar-refractivity contribution is -0.152. The molecule has 0 aromatic carbocycles. The van der Waals surface area contributed by atoms with Crippen LogP contribution in [-0.2, 0) is 9.53 Å². The zero-order valence-corrected chi connectivity index (χ0v) is 15.2. The Labute approximate surface area is 148 Å². The molecule has 3 unspecified atom stereocenters. The second-order valence-electron chi connectivity index (χ2n) is 8.71. The monoisotopic (exact) mass is 346 g/mol. The largest absolute Gasteiger partial charge is 0.455 e. The van der Waals surface area contributed by atoms with E-state index in [1.807, 2.05) is 6.08 Å². The van der Waals surface area contributed by atoms with Crippen LogP contribution in [0.3, 0.4) is 0 Å². The number of allylic oxidation sites excluding steroid dienone is 4. The van der Waals surface area contributed by atoms with Crippen LogP contribution in [0.15, 0.2) is 35.2 Å². The highest BCUT2D eigenvalue weighted by molar-refractivity contribution is 5.66. The summed E-state index contributed by atoms with van der Waals surface area (Å²) in [6.45, 7) is 5.69. The molecule has 0 aromatic heterocycles. The molecule has 0 saturated heterocycles. The van der Waals surface area contributed by atoms with Gasteiger partial charge in [0.2, 0.25) is 0 Å². The van der Waals surface area contributed by atoms with E-state index >= 15 is 0 Å². The maximum Gasteiger partial charge on any atom is 0.303 e. The Morgan fingerprint density at radius 2 is 2.12 bits per heavy atom. The first-order valence-electron chi connectivity index (χ1n) is 9.40. The number of hydrogen-bond donors (Lipinski definition) is 1. The van der Waals surface area contributed by atoms with E-state index in [4.69, 9.17) is 4.74 Å². The molecule has 3 nitrogen and oxygen atoms in total. The zero-order chi connectivity index (χ0) is 18.0. The number of ether oxygens (including phenoxy) is 1. The van der Waals surface area contributed by atoms with Gasteiger partial charge in [0.1, 0.15) is 5.83 Å². The summed E-state index contributed by atoms with van der Waals surface area (Å²) in [6, 6.07) is 0. The molecule has 6 atom stereocenters.